The molecule has 2 amide bonds. The lowest BCUT2D eigenvalue weighted by Gasteiger charge is -2.29. The summed E-state index contributed by atoms with van der Waals surface area (Å²) >= 11 is 0. The summed E-state index contributed by atoms with van der Waals surface area (Å²) in [5.74, 6) is 0.167. The number of amides is 2. The van der Waals surface area contributed by atoms with E-state index >= 15 is 0 Å². The molecule has 22 heavy (non-hydrogen) atoms. The van der Waals surface area contributed by atoms with Crippen LogP contribution in [0.3, 0.4) is 0 Å². The first-order valence-corrected chi connectivity index (χ1v) is 7.95. The van der Waals surface area contributed by atoms with Gasteiger partial charge in [-0.3, -0.25) is 0 Å². The molecule has 0 radical (unpaired) electrons. The zero-order valence-electron chi connectivity index (χ0n) is 13.2. The van der Waals surface area contributed by atoms with E-state index in [-0.39, 0.29) is 18.0 Å². The Morgan fingerprint density at radius 3 is 2.50 bits per heavy atom. The van der Waals surface area contributed by atoms with E-state index in [2.05, 4.69) is 17.6 Å². The molecule has 5 nitrogen and oxygen atoms in total. The van der Waals surface area contributed by atoms with Crippen LogP contribution in [0.2, 0.25) is 0 Å². The number of esters is 1. The monoisotopic (exact) mass is 304 g/mol. The van der Waals surface area contributed by atoms with Crippen molar-refractivity contribution in [2.45, 2.75) is 45.6 Å². The molecule has 0 bridgehead atoms. The number of anilines is 1. The molecule has 0 aromatic heterocycles. The SMILES string of the molecule is CCOC(=O)c1ccc(NC(=O)NC2CCCCC2C)cc1. The Labute approximate surface area is 131 Å². The second-order valence-electron chi connectivity index (χ2n) is 5.76. The Hall–Kier alpha value is -2.04. The van der Waals surface area contributed by atoms with Gasteiger partial charge in [0.15, 0.2) is 0 Å². The number of hydrogen-bond donors (Lipinski definition) is 2. The Balaban J connectivity index is 1.87. The Kier molecular flexibility index (Phi) is 5.81. The fourth-order valence-electron chi connectivity index (χ4n) is 2.77. The van der Waals surface area contributed by atoms with Gasteiger partial charge < -0.3 is 15.4 Å². The van der Waals surface area contributed by atoms with Crippen LogP contribution < -0.4 is 10.6 Å². The predicted octanol–water partition coefficient (Wildman–Crippen LogP) is 3.56. The summed E-state index contributed by atoms with van der Waals surface area (Å²) in [5.41, 5.74) is 1.14. The van der Waals surface area contributed by atoms with Crippen molar-refractivity contribution < 1.29 is 14.3 Å². The van der Waals surface area contributed by atoms with Crippen LogP contribution in [0.5, 0.6) is 0 Å². The van der Waals surface area contributed by atoms with Crippen LogP contribution in [0.1, 0.15) is 49.9 Å². The van der Waals surface area contributed by atoms with Gasteiger partial charge in [-0.25, -0.2) is 9.59 Å². The summed E-state index contributed by atoms with van der Waals surface area (Å²) in [6.07, 6.45) is 4.62. The summed E-state index contributed by atoms with van der Waals surface area (Å²) in [6, 6.07) is 6.76. The summed E-state index contributed by atoms with van der Waals surface area (Å²) in [6.45, 7) is 4.30. The molecule has 0 heterocycles. The van der Waals surface area contributed by atoms with E-state index in [1.165, 1.54) is 19.3 Å². The molecule has 1 aromatic rings. The molecule has 0 spiro atoms. The van der Waals surface area contributed by atoms with E-state index in [1.807, 2.05) is 0 Å². The molecule has 2 unspecified atom stereocenters. The van der Waals surface area contributed by atoms with Crippen molar-refractivity contribution >= 4 is 17.7 Å². The number of carbonyl (C=O) groups is 2. The van der Waals surface area contributed by atoms with Crippen LogP contribution in [-0.2, 0) is 4.74 Å². The highest BCUT2D eigenvalue weighted by Crippen LogP contribution is 2.23. The van der Waals surface area contributed by atoms with Gasteiger partial charge in [-0.05, 0) is 49.9 Å². The van der Waals surface area contributed by atoms with Gasteiger partial charge in [0.2, 0.25) is 0 Å². The van der Waals surface area contributed by atoms with Crippen molar-refractivity contribution in [2.75, 3.05) is 11.9 Å². The second kappa shape index (κ2) is 7.82. The third-order valence-electron chi connectivity index (χ3n) is 4.08. The second-order valence-corrected chi connectivity index (χ2v) is 5.76. The topological polar surface area (TPSA) is 67.4 Å². The van der Waals surface area contributed by atoms with Crippen molar-refractivity contribution in [3.8, 4) is 0 Å². The van der Waals surface area contributed by atoms with E-state index in [0.717, 1.165) is 6.42 Å². The van der Waals surface area contributed by atoms with E-state index in [9.17, 15) is 9.59 Å². The molecule has 1 saturated carbocycles. The highest BCUT2D eigenvalue weighted by atomic mass is 16.5. The molecule has 0 aliphatic heterocycles. The van der Waals surface area contributed by atoms with Crippen molar-refractivity contribution in [3.05, 3.63) is 29.8 Å². The maximum Gasteiger partial charge on any atom is 0.338 e. The number of nitrogens with one attached hydrogen (secondary N) is 2. The molecular formula is C17H24N2O3. The first-order chi connectivity index (χ1) is 10.6. The van der Waals surface area contributed by atoms with Gasteiger partial charge in [0, 0.05) is 11.7 Å². The Bertz CT molecular complexity index is 513. The average molecular weight is 304 g/mol. The van der Waals surface area contributed by atoms with Crippen molar-refractivity contribution in [2.24, 2.45) is 5.92 Å². The number of ether oxygens (including phenoxy) is 1. The van der Waals surface area contributed by atoms with E-state index in [4.69, 9.17) is 4.74 Å². The van der Waals surface area contributed by atoms with Crippen molar-refractivity contribution in [3.63, 3.8) is 0 Å². The van der Waals surface area contributed by atoms with Gasteiger partial charge in [-0.2, -0.15) is 0 Å². The molecule has 1 aromatic carbocycles. The maximum absolute atomic E-state index is 12.0. The molecule has 1 fully saturated rings. The van der Waals surface area contributed by atoms with Gasteiger partial charge in [0.05, 0.1) is 12.2 Å². The fraction of sp³-hybridized carbons (Fsp3) is 0.529. The van der Waals surface area contributed by atoms with Gasteiger partial charge in [-0.15, -0.1) is 0 Å². The van der Waals surface area contributed by atoms with E-state index in [1.54, 1.807) is 31.2 Å². The minimum atomic E-state index is -0.352. The van der Waals surface area contributed by atoms with Crippen LogP contribution in [0.25, 0.3) is 0 Å². The number of carbonyl (C=O) groups excluding carboxylic acids is 2. The van der Waals surface area contributed by atoms with E-state index < -0.39 is 0 Å². The Morgan fingerprint density at radius 1 is 1.18 bits per heavy atom. The molecule has 2 N–H and O–H groups in total. The van der Waals surface area contributed by atoms with Gasteiger partial charge in [0.25, 0.3) is 0 Å². The molecule has 1 aliphatic carbocycles. The van der Waals surface area contributed by atoms with Crippen LogP contribution in [-0.4, -0.2) is 24.6 Å². The quantitative estimate of drug-likeness (QED) is 0.836. The summed E-state index contributed by atoms with van der Waals surface area (Å²) in [7, 11) is 0. The van der Waals surface area contributed by atoms with Crippen LogP contribution >= 0.6 is 0 Å². The Morgan fingerprint density at radius 2 is 1.86 bits per heavy atom. The third-order valence-corrected chi connectivity index (χ3v) is 4.08. The molecule has 1 aliphatic rings. The van der Waals surface area contributed by atoms with Crippen LogP contribution in [0.15, 0.2) is 24.3 Å². The predicted molar refractivity (Wildman–Crippen MR) is 86.0 cm³/mol. The lowest BCUT2D eigenvalue weighted by atomic mass is 9.86. The lowest BCUT2D eigenvalue weighted by Crippen LogP contribution is -2.43. The zero-order chi connectivity index (χ0) is 15.9. The molecule has 2 atom stereocenters. The largest absolute Gasteiger partial charge is 0.462 e. The first-order valence-electron chi connectivity index (χ1n) is 7.95. The fourth-order valence-corrected chi connectivity index (χ4v) is 2.77. The molecule has 120 valence electrons. The maximum atomic E-state index is 12.0. The standard InChI is InChI=1S/C17H24N2O3/c1-3-22-16(20)13-8-10-14(11-9-13)18-17(21)19-15-7-5-4-6-12(15)2/h8-12,15H,3-7H2,1-2H3,(H2,18,19,21). The minimum absolute atomic E-state index is 0.192. The number of hydrogen-bond acceptors (Lipinski definition) is 3. The van der Waals surface area contributed by atoms with Gasteiger partial charge >= 0.3 is 12.0 Å². The lowest BCUT2D eigenvalue weighted by molar-refractivity contribution is 0.0526. The van der Waals surface area contributed by atoms with Crippen molar-refractivity contribution in [1.29, 1.82) is 0 Å². The van der Waals surface area contributed by atoms with E-state index in [0.29, 0.717) is 23.8 Å². The zero-order valence-corrected chi connectivity index (χ0v) is 13.2. The molecule has 2 rings (SSSR count). The summed E-state index contributed by atoms with van der Waals surface area (Å²) < 4.78 is 4.92. The van der Waals surface area contributed by atoms with Gasteiger partial charge in [-0.1, -0.05) is 19.8 Å². The molecular weight excluding hydrogens is 280 g/mol. The summed E-state index contributed by atoms with van der Waals surface area (Å²) in [5, 5.41) is 5.84. The average Bonchev–Trinajstić information content (AvgIpc) is 2.50. The first kappa shape index (κ1) is 16.3. The molecule has 0 saturated heterocycles. The minimum Gasteiger partial charge on any atom is -0.462 e. The third kappa shape index (κ3) is 4.48. The van der Waals surface area contributed by atoms with Crippen molar-refractivity contribution in [1.82, 2.24) is 5.32 Å². The normalized spacial score (nSPS) is 21.0. The summed E-state index contributed by atoms with van der Waals surface area (Å²) in [4.78, 5) is 23.6. The highest BCUT2D eigenvalue weighted by Gasteiger charge is 2.22. The highest BCUT2D eigenvalue weighted by molar-refractivity contribution is 5.92. The smallest absolute Gasteiger partial charge is 0.338 e. The molecule has 5 heteroatoms. The van der Waals surface area contributed by atoms with Gasteiger partial charge in [0.1, 0.15) is 0 Å². The number of urea groups is 1. The number of rotatable bonds is 4. The van der Waals surface area contributed by atoms with Crippen LogP contribution in [0, 0.1) is 5.92 Å². The number of benzene rings is 1. The van der Waals surface area contributed by atoms with Crippen LogP contribution in [0.4, 0.5) is 10.5 Å².